The Bertz CT molecular complexity index is 495. The molecule has 0 bridgehead atoms. The minimum atomic E-state index is -0.958. The molecule has 110 valence electrons. The molecule has 0 aromatic carbocycles. The zero-order valence-electron chi connectivity index (χ0n) is 11.8. The third-order valence-electron chi connectivity index (χ3n) is 3.44. The molecule has 1 aromatic rings. The van der Waals surface area contributed by atoms with Crippen LogP contribution in [0.25, 0.3) is 0 Å². The van der Waals surface area contributed by atoms with E-state index in [0.29, 0.717) is 18.9 Å². The summed E-state index contributed by atoms with van der Waals surface area (Å²) in [5.74, 6) is -0.779. The lowest BCUT2D eigenvalue weighted by Crippen LogP contribution is -2.47. The zero-order valence-corrected chi connectivity index (χ0v) is 11.8. The smallest absolute Gasteiger partial charge is 0.326 e. The molecule has 0 saturated carbocycles. The Kier molecular flexibility index (Phi) is 4.42. The van der Waals surface area contributed by atoms with Crippen molar-refractivity contribution in [3.63, 3.8) is 0 Å². The molecule has 0 unspecified atom stereocenters. The van der Waals surface area contributed by atoms with Crippen LogP contribution in [0, 0.1) is 5.92 Å². The molecule has 1 N–H and O–H groups in total. The van der Waals surface area contributed by atoms with Crippen LogP contribution in [0.2, 0.25) is 0 Å². The average Bonchev–Trinajstić information content (AvgIpc) is 2.85. The molecule has 1 saturated heterocycles. The quantitative estimate of drug-likeness (QED) is 0.911. The molecule has 1 aromatic heterocycles. The Balaban J connectivity index is 2.12. The molecular formula is C14H20N2O4. The van der Waals surface area contributed by atoms with Crippen LogP contribution in [0.15, 0.2) is 10.6 Å². The Morgan fingerprint density at radius 3 is 2.90 bits per heavy atom. The first-order valence-electron chi connectivity index (χ1n) is 6.98. The SMILES string of the molecule is CC(C)Cc1cc(C(=O)N2CCCC[C@H]2C(=O)O)on1. The number of aliphatic carboxylic acids is 1. The second kappa shape index (κ2) is 6.07. The summed E-state index contributed by atoms with van der Waals surface area (Å²) in [5, 5.41) is 13.1. The van der Waals surface area contributed by atoms with Crippen molar-refractivity contribution in [1.82, 2.24) is 10.1 Å². The highest BCUT2D eigenvalue weighted by atomic mass is 16.5. The average molecular weight is 280 g/mol. The number of hydrogen-bond acceptors (Lipinski definition) is 4. The van der Waals surface area contributed by atoms with Gasteiger partial charge in [-0.2, -0.15) is 0 Å². The number of rotatable bonds is 4. The summed E-state index contributed by atoms with van der Waals surface area (Å²) >= 11 is 0. The normalized spacial score (nSPS) is 19.4. The van der Waals surface area contributed by atoms with Crippen molar-refractivity contribution in [3.8, 4) is 0 Å². The van der Waals surface area contributed by atoms with Crippen LogP contribution in [-0.4, -0.2) is 39.6 Å². The van der Waals surface area contributed by atoms with Gasteiger partial charge in [0.15, 0.2) is 0 Å². The van der Waals surface area contributed by atoms with Crippen LogP contribution in [0.3, 0.4) is 0 Å². The van der Waals surface area contributed by atoms with Crippen LogP contribution in [0.5, 0.6) is 0 Å². The maximum absolute atomic E-state index is 12.3. The molecule has 1 aliphatic heterocycles. The first-order valence-corrected chi connectivity index (χ1v) is 6.98. The van der Waals surface area contributed by atoms with Crippen molar-refractivity contribution in [2.45, 2.75) is 45.6 Å². The fourth-order valence-corrected chi connectivity index (χ4v) is 2.50. The van der Waals surface area contributed by atoms with Crippen LogP contribution >= 0.6 is 0 Å². The van der Waals surface area contributed by atoms with Gasteiger partial charge in [-0.1, -0.05) is 19.0 Å². The molecule has 0 spiro atoms. The van der Waals surface area contributed by atoms with Gasteiger partial charge >= 0.3 is 5.97 Å². The van der Waals surface area contributed by atoms with E-state index < -0.39 is 12.0 Å². The predicted octanol–water partition coefficient (Wildman–Crippen LogP) is 1.95. The highest BCUT2D eigenvalue weighted by Gasteiger charge is 2.34. The molecule has 6 heteroatoms. The number of aromatic nitrogens is 1. The molecular weight excluding hydrogens is 260 g/mol. The lowest BCUT2D eigenvalue weighted by atomic mass is 10.0. The second-order valence-corrected chi connectivity index (χ2v) is 5.63. The highest BCUT2D eigenvalue weighted by Crippen LogP contribution is 2.20. The minimum Gasteiger partial charge on any atom is -0.480 e. The van der Waals surface area contributed by atoms with Crippen molar-refractivity contribution in [2.24, 2.45) is 5.92 Å². The van der Waals surface area contributed by atoms with Crippen LogP contribution < -0.4 is 0 Å². The summed E-state index contributed by atoms with van der Waals surface area (Å²) in [4.78, 5) is 24.9. The van der Waals surface area contributed by atoms with Gasteiger partial charge in [0.25, 0.3) is 5.91 Å². The number of likely N-dealkylation sites (tertiary alicyclic amines) is 1. The lowest BCUT2D eigenvalue weighted by Gasteiger charge is -2.31. The topological polar surface area (TPSA) is 83.6 Å². The third-order valence-corrected chi connectivity index (χ3v) is 3.44. The molecule has 1 amide bonds. The number of carbonyl (C=O) groups excluding carboxylic acids is 1. The van der Waals surface area contributed by atoms with Crippen molar-refractivity contribution in [3.05, 3.63) is 17.5 Å². The maximum atomic E-state index is 12.3. The Labute approximate surface area is 117 Å². The van der Waals surface area contributed by atoms with Crippen molar-refractivity contribution < 1.29 is 19.2 Å². The number of carbonyl (C=O) groups is 2. The molecule has 1 atom stereocenters. The van der Waals surface area contributed by atoms with Gasteiger partial charge in [0.05, 0.1) is 5.69 Å². The Morgan fingerprint density at radius 1 is 1.50 bits per heavy atom. The van der Waals surface area contributed by atoms with Crippen LogP contribution in [-0.2, 0) is 11.2 Å². The predicted molar refractivity (Wildman–Crippen MR) is 71.4 cm³/mol. The van der Waals surface area contributed by atoms with E-state index in [4.69, 9.17) is 4.52 Å². The van der Waals surface area contributed by atoms with Gasteiger partial charge in [-0.25, -0.2) is 4.79 Å². The molecule has 1 aliphatic rings. The minimum absolute atomic E-state index is 0.133. The molecule has 20 heavy (non-hydrogen) atoms. The fourth-order valence-electron chi connectivity index (χ4n) is 2.50. The monoisotopic (exact) mass is 280 g/mol. The van der Waals surface area contributed by atoms with Crippen LogP contribution in [0.1, 0.15) is 49.4 Å². The van der Waals surface area contributed by atoms with Gasteiger partial charge < -0.3 is 14.5 Å². The molecule has 2 rings (SSSR count). The van der Waals surface area contributed by atoms with E-state index in [1.54, 1.807) is 6.07 Å². The second-order valence-electron chi connectivity index (χ2n) is 5.63. The third kappa shape index (κ3) is 3.18. The zero-order chi connectivity index (χ0) is 14.7. The first-order chi connectivity index (χ1) is 9.49. The Hall–Kier alpha value is -1.85. The number of carboxylic acid groups (broad SMARTS) is 1. The van der Waals surface area contributed by atoms with Gasteiger partial charge in [0.1, 0.15) is 6.04 Å². The molecule has 1 fully saturated rings. The number of amides is 1. The van der Waals surface area contributed by atoms with Crippen molar-refractivity contribution in [1.29, 1.82) is 0 Å². The van der Waals surface area contributed by atoms with E-state index >= 15 is 0 Å². The number of piperidine rings is 1. The van der Waals surface area contributed by atoms with Gasteiger partial charge in [-0.15, -0.1) is 0 Å². The van der Waals surface area contributed by atoms with Crippen LogP contribution in [0.4, 0.5) is 0 Å². The van der Waals surface area contributed by atoms with Gasteiger partial charge in [0, 0.05) is 12.6 Å². The van der Waals surface area contributed by atoms with Gasteiger partial charge in [-0.05, 0) is 31.6 Å². The standard InChI is InChI=1S/C14H20N2O4/c1-9(2)7-10-8-12(20-15-10)13(17)16-6-4-3-5-11(16)14(18)19/h8-9,11H,3-7H2,1-2H3,(H,18,19)/t11-/m0/s1. The van der Waals surface area contributed by atoms with E-state index in [1.165, 1.54) is 4.90 Å². The fraction of sp³-hybridized carbons (Fsp3) is 0.643. The highest BCUT2D eigenvalue weighted by molar-refractivity contribution is 5.94. The number of nitrogens with zero attached hydrogens (tertiary/aromatic N) is 2. The summed E-state index contributed by atoms with van der Waals surface area (Å²) < 4.78 is 5.07. The number of carboxylic acids is 1. The summed E-state index contributed by atoms with van der Waals surface area (Å²) in [7, 11) is 0. The molecule has 2 heterocycles. The molecule has 0 radical (unpaired) electrons. The first kappa shape index (κ1) is 14.6. The van der Waals surface area contributed by atoms with E-state index in [-0.39, 0.29) is 11.7 Å². The van der Waals surface area contributed by atoms with Gasteiger partial charge in [-0.3, -0.25) is 4.79 Å². The summed E-state index contributed by atoms with van der Waals surface area (Å²) in [6.07, 6.45) is 2.88. The number of hydrogen-bond donors (Lipinski definition) is 1. The molecule has 0 aliphatic carbocycles. The van der Waals surface area contributed by atoms with E-state index in [2.05, 4.69) is 19.0 Å². The largest absolute Gasteiger partial charge is 0.480 e. The van der Waals surface area contributed by atoms with E-state index in [1.807, 2.05) is 0 Å². The maximum Gasteiger partial charge on any atom is 0.326 e. The van der Waals surface area contributed by atoms with E-state index in [0.717, 1.165) is 25.0 Å². The Morgan fingerprint density at radius 2 is 2.25 bits per heavy atom. The van der Waals surface area contributed by atoms with Crippen molar-refractivity contribution in [2.75, 3.05) is 6.54 Å². The van der Waals surface area contributed by atoms with Crippen molar-refractivity contribution >= 4 is 11.9 Å². The lowest BCUT2D eigenvalue weighted by molar-refractivity contribution is -0.143. The van der Waals surface area contributed by atoms with E-state index in [9.17, 15) is 14.7 Å². The van der Waals surface area contributed by atoms with Gasteiger partial charge in [0.2, 0.25) is 5.76 Å². The summed E-state index contributed by atoms with van der Waals surface area (Å²) in [6.45, 7) is 4.57. The molecule has 6 nitrogen and oxygen atoms in total. The summed E-state index contributed by atoms with van der Waals surface area (Å²) in [6, 6.07) is 0.866. The summed E-state index contributed by atoms with van der Waals surface area (Å²) in [5.41, 5.74) is 0.729.